The molecule has 0 saturated carbocycles. The summed E-state index contributed by atoms with van der Waals surface area (Å²) in [6, 6.07) is 1.93. The highest BCUT2D eigenvalue weighted by atomic mass is 35.5. The highest BCUT2D eigenvalue weighted by Gasteiger charge is 2.34. The van der Waals surface area contributed by atoms with Gasteiger partial charge in [0.2, 0.25) is 15.9 Å². The van der Waals surface area contributed by atoms with Gasteiger partial charge in [0.05, 0.1) is 10.7 Å². The van der Waals surface area contributed by atoms with Crippen molar-refractivity contribution in [1.29, 1.82) is 0 Å². The van der Waals surface area contributed by atoms with Crippen LogP contribution in [0, 0.1) is 11.7 Å². The van der Waals surface area contributed by atoms with E-state index in [4.69, 9.17) is 17.3 Å². The number of nitrogens with two attached hydrogens (primary N) is 1. The predicted octanol–water partition coefficient (Wildman–Crippen LogP) is 1.83. The summed E-state index contributed by atoms with van der Waals surface area (Å²) in [7, 11) is -3.97. The van der Waals surface area contributed by atoms with Gasteiger partial charge in [-0.05, 0) is 24.9 Å². The average molecular weight is 386 g/mol. The van der Waals surface area contributed by atoms with Crippen molar-refractivity contribution in [3.63, 3.8) is 0 Å². The van der Waals surface area contributed by atoms with Gasteiger partial charge in [0.25, 0.3) is 0 Å². The van der Waals surface area contributed by atoms with Crippen molar-refractivity contribution in [2.75, 3.05) is 25.0 Å². The Kier molecular flexibility index (Phi) is 6.79. The number of amides is 1. The van der Waals surface area contributed by atoms with Crippen LogP contribution in [0.4, 0.5) is 10.1 Å². The molecule has 1 heterocycles. The van der Waals surface area contributed by atoms with Crippen LogP contribution < -0.4 is 11.1 Å². The number of nitrogens with zero attached hydrogens (tertiary/aromatic N) is 1. The van der Waals surface area contributed by atoms with E-state index in [1.165, 1.54) is 11.2 Å². The molecule has 1 amide bonds. The molecule has 1 aliphatic heterocycles. The van der Waals surface area contributed by atoms with Gasteiger partial charge in [-0.3, -0.25) is 4.79 Å². The first-order chi connectivity index (χ1) is 10.3. The molecular formula is C13H18Cl2FN3O3S. The Morgan fingerprint density at radius 1 is 1.52 bits per heavy atom. The summed E-state index contributed by atoms with van der Waals surface area (Å²) >= 11 is 5.93. The van der Waals surface area contributed by atoms with E-state index in [1.54, 1.807) is 0 Å². The summed E-state index contributed by atoms with van der Waals surface area (Å²) in [6.07, 6.45) is 0.648. The molecule has 6 nitrogen and oxygen atoms in total. The number of carbonyl (C=O) groups excluding carboxylic acids is 1. The van der Waals surface area contributed by atoms with Gasteiger partial charge in [-0.2, -0.15) is 4.31 Å². The van der Waals surface area contributed by atoms with Crippen LogP contribution in [-0.2, 0) is 14.8 Å². The molecule has 10 heteroatoms. The number of rotatable bonds is 4. The maximum atomic E-state index is 14.2. The average Bonchev–Trinajstić information content (AvgIpc) is 2.91. The molecular weight excluding hydrogens is 368 g/mol. The molecule has 1 aromatic carbocycles. The predicted molar refractivity (Wildman–Crippen MR) is 88.9 cm³/mol. The summed E-state index contributed by atoms with van der Waals surface area (Å²) in [5, 5.41) is 2.31. The minimum Gasteiger partial charge on any atom is -0.330 e. The second-order valence-electron chi connectivity index (χ2n) is 5.20. The van der Waals surface area contributed by atoms with Crippen LogP contribution >= 0.6 is 24.0 Å². The van der Waals surface area contributed by atoms with Gasteiger partial charge < -0.3 is 11.1 Å². The standard InChI is InChI=1S/C13H17ClFN3O3S.ClH/c1-8(19)17-12-5-11(15)13(4-10(12)14)22(20,21)18-3-2-9(6-16)7-18;/h4-5,9H,2-3,6-7,16H2,1H3,(H,17,19);1H. The highest BCUT2D eigenvalue weighted by molar-refractivity contribution is 7.89. The summed E-state index contributed by atoms with van der Waals surface area (Å²) in [6.45, 7) is 2.20. The minimum absolute atomic E-state index is 0. The zero-order valence-electron chi connectivity index (χ0n) is 12.4. The highest BCUT2D eigenvalue weighted by Crippen LogP contribution is 2.31. The van der Waals surface area contributed by atoms with E-state index in [-0.39, 0.29) is 35.6 Å². The Balaban J connectivity index is 0.00000264. The fourth-order valence-electron chi connectivity index (χ4n) is 2.36. The van der Waals surface area contributed by atoms with Gasteiger partial charge >= 0.3 is 0 Å². The first kappa shape index (κ1) is 20.1. The monoisotopic (exact) mass is 385 g/mol. The largest absolute Gasteiger partial charge is 0.330 e. The van der Waals surface area contributed by atoms with Crippen LogP contribution in [0.2, 0.25) is 5.02 Å². The van der Waals surface area contributed by atoms with E-state index in [9.17, 15) is 17.6 Å². The number of carbonyl (C=O) groups is 1. The van der Waals surface area contributed by atoms with Crippen molar-refractivity contribution >= 4 is 45.6 Å². The Morgan fingerprint density at radius 2 is 2.17 bits per heavy atom. The number of halogens is 3. The van der Waals surface area contributed by atoms with E-state index >= 15 is 0 Å². The van der Waals surface area contributed by atoms with Gasteiger partial charge in [-0.1, -0.05) is 11.6 Å². The van der Waals surface area contributed by atoms with E-state index < -0.39 is 26.6 Å². The lowest BCUT2D eigenvalue weighted by atomic mass is 10.1. The smallest absolute Gasteiger partial charge is 0.246 e. The first-order valence-electron chi connectivity index (χ1n) is 6.72. The molecule has 1 aliphatic rings. The third kappa shape index (κ3) is 4.33. The zero-order chi connectivity index (χ0) is 16.5. The van der Waals surface area contributed by atoms with Gasteiger partial charge in [0, 0.05) is 26.1 Å². The summed E-state index contributed by atoms with van der Waals surface area (Å²) in [4.78, 5) is 10.5. The summed E-state index contributed by atoms with van der Waals surface area (Å²) in [5.41, 5.74) is 5.58. The molecule has 0 bridgehead atoms. The topological polar surface area (TPSA) is 92.5 Å². The number of anilines is 1. The van der Waals surface area contributed by atoms with Gasteiger partial charge in [0.1, 0.15) is 10.7 Å². The quantitative estimate of drug-likeness (QED) is 0.826. The molecule has 2 rings (SSSR count). The Hall–Kier alpha value is -0.930. The summed E-state index contributed by atoms with van der Waals surface area (Å²) < 4.78 is 40.4. The normalized spacial score (nSPS) is 18.5. The lowest BCUT2D eigenvalue weighted by Gasteiger charge is -2.18. The van der Waals surface area contributed by atoms with Crippen LogP contribution in [0.3, 0.4) is 0 Å². The molecule has 0 spiro atoms. The van der Waals surface area contributed by atoms with E-state index in [0.29, 0.717) is 19.5 Å². The number of nitrogens with one attached hydrogen (secondary N) is 1. The van der Waals surface area contributed by atoms with Crippen LogP contribution in [0.5, 0.6) is 0 Å². The Morgan fingerprint density at radius 3 is 2.70 bits per heavy atom. The van der Waals surface area contributed by atoms with Crippen molar-refractivity contribution in [3.05, 3.63) is 23.0 Å². The lowest BCUT2D eigenvalue weighted by molar-refractivity contribution is -0.114. The maximum Gasteiger partial charge on any atom is 0.246 e. The number of benzene rings is 1. The molecule has 1 atom stereocenters. The molecule has 0 radical (unpaired) electrons. The molecule has 1 saturated heterocycles. The van der Waals surface area contributed by atoms with Gasteiger partial charge in [0.15, 0.2) is 0 Å². The lowest BCUT2D eigenvalue weighted by Crippen LogP contribution is -2.30. The van der Waals surface area contributed by atoms with Crippen molar-refractivity contribution < 1.29 is 17.6 Å². The fraction of sp³-hybridized carbons (Fsp3) is 0.462. The van der Waals surface area contributed by atoms with Crippen LogP contribution in [0.15, 0.2) is 17.0 Å². The maximum absolute atomic E-state index is 14.2. The molecule has 23 heavy (non-hydrogen) atoms. The first-order valence-corrected chi connectivity index (χ1v) is 8.54. The van der Waals surface area contributed by atoms with Crippen LogP contribution in [0.25, 0.3) is 0 Å². The van der Waals surface area contributed by atoms with E-state index in [2.05, 4.69) is 5.32 Å². The molecule has 3 N–H and O–H groups in total. The molecule has 0 aliphatic carbocycles. The minimum atomic E-state index is -3.97. The molecule has 0 aromatic heterocycles. The Labute approximate surface area is 145 Å². The molecule has 1 fully saturated rings. The number of hydrogen-bond acceptors (Lipinski definition) is 4. The second-order valence-corrected chi connectivity index (χ2v) is 7.51. The SMILES string of the molecule is CC(=O)Nc1cc(F)c(S(=O)(=O)N2CCC(CN)C2)cc1Cl.Cl. The fourth-order valence-corrected chi connectivity index (χ4v) is 4.24. The van der Waals surface area contributed by atoms with E-state index in [1.807, 2.05) is 0 Å². The van der Waals surface area contributed by atoms with Crippen LogP contribution in [-0.4, -0.2) is 38.3 Å². The van der Waals surface area contributed by atoms with Crippen molar-refractivity contribution in [2.45, 2.75) is 18.2 Å². The second kappa shape index (κ2) is 7.76. The van der Waals surface area contributed by atoms with Crippen LogP contribution in [0.1, 0.15) is 13.3 Å². The zero-order valence-corrected chi connectivity index (χ0v) is 14.8. The number of hydrogen-bond donors (Lipinski definition) is 2. The summed E-state index contributed by atoms with van der Waals surface area (Å²) in [5.74, 6) is -1.31. The molecule has 1 unspecified atom stereocenters. The van der Waals surface area contributed by atoms with Crippen molar-refractivity contribution in [3.8, 4) is 0 Å². The molecule has 1 aromatic rings. The third-order valence-electron chi connectivity index (χ3n) is 3.53. The Bertz CT molecular complexity index is 700. The van der Waals surface area contributed by atoms with Gasteiger partial charge in [-0.15, -0.1) is 12.4 Å². The van der Waals surface area contributed by atoms with Crippen molar-refractivity contribution in [2.24, 2.45) is 11.7 Å². The van der Waals surface area contributed by atoms with Crippen molar-refractivity contribution in [1.82, 2.24) is 4.31 Å². The third-order valence-corrected chi connectivity index (χ3v) is 5.72. The van der Waals surface area contributed by atoms with E-state index in [0.717, 1.165) is 12.1 Å². The number of sulfonamides is 1. The molecule has 130 valence electrons. The van der Waals surface area contributed by atoms with Gasteiger partial charge in [-0.25, -0.2) is 12.8 Å².